The zero-order valence-electron chi connectivity index (χ0n) is 11.8. The van der Waals surface area contributed by atoms with Gasteiger partial charge in [0.25, 0.3) is 11.7 Å². The third kappa shape index (κ3) is 3.11. The van der Waals surface area contributed by atoms with Crippen molar-refractivity contribution in [2.24, 2.45) is 0 Å². The number of hydrogen-bond acceptors (Lipinski definition) is 2. The van der Waals surface area contributed by atoms with Crippen LogP contribution >= 0.6 is 15.9 Å². The summed E-state index contributed by atoms with van der Waals surface area (Å²) in [7, 11) is 0. The lowest BCUT2D eigenvalue weighted by Gasteiger charge is -2.17. The van der Waals surface area contributed by atoms with Gasteiger partial charge in [-0.1, -0.05) is 45.1 Å². The van der Waals surface area contributed by atoms with Gasteiger partial charge in [-0.2, -0.15) is 0 Å². The van der Waals surface area contributed by atoms with E-state index in [4.69, 9.17) is 0 Å². The molecule has 20 heavy (non-hydrogen) atoms. The van der Waals surface area contributed by atoms with Crippen LogP contribution in [0.25, 0.3) is 0 Å². The third-order valence-electron chi connectivity index (χ3n) is 3.68. The van der Waals surface area contributed by atoms with Crippen molar-refractivity contribution in [3.05, 3.63) is 28.2 Å². The van der Waals surface area contributed by atoms with E-state index in [9.17, 15) is 9.59 Å². The number of rotatable bonds is 7. The molecule has 108 valence electrons. The van der Waals surface area contributed by atoms with Gasteiger partial charge in [-0.25, -0.2) is 0 Å². The van der Waals surface area contributed by atoms with Crippen LogP contribution in [0, 0.1) is 0 Å². The van der Waals surface area contributed by atoms with Gasteiger partial charge in [0.15, 0.2) is 0 Å². The minimum atomic E-state index is -0.388. The second-order valence-corrected chi connectivity index (χ2v) is 6.04. The molecule has 0 fully saturated rings. The number of carbonyl (C=O) groups is 2. The lowest BCUT2D eigenvalue weighted by molar-refractivity contribution is -0.114. The Labute approximate surface area is 128 Å². The summed E-state index contributed by atoms with van der Waals surface area (Å²) in [4.78, 5) is 25.6. The summed E-state index contributed by atoms with van der Waals surface area (Å²) in [5, 5.41) is 0. The van der Waals surface area contributed by atoms with Crippen molar-refractivity contribution in [1.29, 1.82) is 0 Å². The van der Waals surface area contributed by atoms with Gasteiger partial charge < -0.3 is 4.90 Å². The van der Waals surface area contributed by atoms with E-state index in [1.165, 1.54) is 25.7 Å². The number of halogens is 1. The molecule has 0 aromatic heterocycles. The van der Waals surface area contributed by atoms with Crippen LogP contribution in [0.1, 0.15) is 55.8 Å². The highest BCUT2D eigenvalue weighted by molar-refractivity contribution is 9.10. The molecule has 0 saturated heterocycles. The van der Waals surface area contributed by atoms with Crippen molar-refractivity contribution in [3.8, 4) is 0 Å². The Morgan fingerprint density at radius 1 is 1.05 bits per heavy atom. The van der Waals surface area contributed by atoms with E-state index in [2.05, 4.69) is 22.9 Å². The standard InChI is InChI=1S/C16H20BrNO2/c1-2-3-4-5-6-7-11-18-14-12(15(19)16(18)20)9-8-10-13(14)17/h8-10H,2-7,11H2,1H3. The van der Waals surface area contributed by atoms with Gasteiger partial charge in [-0.15, -0.1) is 0 Å². The first-order chi connectivity index (χ1) is 9.66. The largest absolute Gasteiger partial charge is 0.304 e. The van der Waals surface area contributed by atoms with Crippen LogP contribution in [0.5, 0.6) is 0 Å². The number of fused-ring (bicyclic) bond motifs is 1. The molecule has 0 spiro atoms. The van der Waals surface area contributed by atoms with Crippen LogP contribution in [0.4, 0.5) is 5.69 Å². The Bertz CT molecular complexity index is 513. The Balaban J connectivity index is 1.96. The summed E-state index contributed by atoms with van der Waals surface area (Å²) in [5.74, 6) is -0.771. The normalized spacial score (nSPS) is 14.0. The smallest absolute Gasteiger partial charge is 0.299 e. The van der Waals surface area contributed by atoms with Crippen molar-refractivity contribution < 1.29 is 9.59 Å². The second kappa shape index (κ2) is 7.02. The second-order valence-electron chi connectivity index (χ2n) is 5.19. The van der Waals surface area contributed by atoms with E-state index in [1.807, 2.05) is 6.07 Å². The number of unbranched alkanes of at least 4 members (excludes halogenated alkanes) is 5. The van der Waals surface area contributed by atoms with Crippen LogP contribution < -0.4 is 4.90 Å². The molecule has 0 N–H and O–H groups in total. The number of para-hydroxylation sites is 1. The monoisotopic (exact) mass is 337 g/mol. The Morgan fingerprint density at radius 2 is 1.75 bits per heavy atom. The lowest BCUT2D eigenvalue weighted by Crippen LogP contribution is -2.30. The molecule has 1 aromatic carbocycles. The number of hydrogen-bond donors (Lipinski definition) is 0. The minimum absolute atomic E-state index is 0.382. The molecule has 0 saturated carbocycles. The highest BCUT2D eigenvalue weighted by Crippen LogP contribution is 2.36. The summed E-state index contributed by atoms with van der Waals surface area (Å²) in [5.41, 5.74) is 1.27. The first-order valence-corrected chi connectivity index (χ1v) is 8.10. The SMILES string of the molecule is CCCCCCCCN1C(=O)C(=O)c2cccc(Br)c21. The fraction of sp³-hybridized carbons (Fsp3) is 0.500. The number of nitrogens with zero attached hydrogens (tertiary/aromatic N) is 1. The first-order valence-electron chi connectivity index (χ1n) is 7.31. The fourth-order valence-corrected chi connectivity index (χ4v) is 3.16. The number of amides is 1. The molecule has 1 aliphatic rings. The van der Waals surface area contributed by atoms with Crippen LogP contribution in [-0.2, 0) is 4.79 Å². The molecular formula is C16H20BrNO2. The quantitative estimate of drug-likeness (QED) is 0.548. The van der Waals surface area contributed by atoms with E-state index >= 15 is 0 Å². The number of ketones is 1. The summed E-state index contributed by atoms with van der Waals surface area (Å²) < 4.78 is 0.820. The van der Waals surface area contributed by atoms with Crippen LogP contribution in [0.2, 0.25) is 0 Å². The molecule has 0 radical (unpaired) electrons. The molecule has 1 amide bonds. The maximum Gasteiger partial charge on any atom is 0.299 e. The van der Waals surface area contributed by atoms with Gasteiger partial charge in [0.2, 0.25) is 0 Å². The average molecular weight is 338 g/mol. The van der Waals surface area contributed by atoms with E-state index in [0.29, 0.717) is 12.1 Å². The van der Waals surface area contributed by atoms with Crippen LogP contribution in [-0.4, -0.2) is 18.2 Å². The molecule has 4 heteroatoms. The summed E-state index contributed by atoms with van der Waals surface area (Å²) in [6.07, 6.45) is 7.02. The number of carbonyl (C=O) groups excluding carboxylic acids is 2. The average Bonchev–Trinajstić information content (AvgIpc) is 2.69. The summed E-state index contributed by atoms with van der Waals surface area (Å²) >= 11 is 3.44. The Morgan fingerprint density at radius 3 is 2.50 bits per heavy atom. The molecule has 0 bridgehead atoms. The topological polar surface area (TPSA) is 37.4 Å². The van der Waals surface area contributed by atoms with Crippen LogP contribution in [0.3, 0.4) is 0 Å². The maximum atomic E-state index is 12.0. The zero-order chi connectivity index (χ0) is 14.5. The van der Waals surface area contributed by atoms with Gasteiger partial charge in [0.05, 0.1) is 11.3 Å². The summed E-state index contributed by atoms with van der Waals surface area (Å²) in [6.45, 7) is 2.83. The van der Waals surface area contributed by atoms with E-state index in [0.717, 1.165) is 23.0 Å². The van der Waals surface area contributed by atoms with E-state index in [1.54, 1.807) is 17.0 Å². The summed E-state index contributed by atoms with van der Waals surface area (Å²) in [6, 6.07) is 5.39. The third-order valence-corrected chi connectivity index (χ3v) is 4.32. The van der Waals surface area contributed by atoms with Gasteiger partial charge in [-0.05, 0) is 34.5 Å². The number of anilines is 1. The predicted octanol–water partition coefficient (Wildman–Crippen LogP) is 4.34. The molecular weight excluding hydrogens is 318 g/mol. The Kier molecular flexibility index (Phi) is 5.35. The van der Waals surface area contributed by atoms with Crippen molar-refractivity contribution in [3.63, 3.8) is 0 Å². The number of benzene rings is 1. The molecule has 1 heterocycles. The minimum Gasteiger partial charge on any atom is -0.304 e. The molecule has 1 aliphatic heterocycles. The molecule has 0 atom stereocenters. The molecule has 3 nitrogen and oxygen atoms in total. The van der Waals surface area contributed by atoms with Crippen LogP contribution in [0.15, 0.2) is 22.7 Å². The zero-order valence-corrected chi connectivity index (χ0v) is 13.4. The van der Waals surface area contributed by atoms with Gasteiger partial charge >= 0.3 is 0 Å². The molecule has 0 unspecified atom stereocenters. The van der Waals surface area contributed by atoms with Gasteiger partial charge in [0.1, 0.15) is 0 Å². The van der Waals surface area contributed by atoms with Crippen molar-refractivity contribution in [2.45, 2.75) is 45.4 Å². The Hall–Kier alpha value is -1.16. The van der Waals surface area contributed by atoms with Crippen molar-refractivity contribution >= 4 is 33.3 Å². The van der Waals surface area contributed by atoms with Crippen molar-refractivity contribution in [2.75, 3.05) is 11.4 Å². The molecule has 1 aromatic rings. The lowest BCUT2D eigenvalue weighted by atomic mass is 10.1. The van der Waals surface area contributed by atoms with Gasteiger partial charge in [-0.3, -0.25) is 9.59 Å². The fourth-order valence-electron chi connectivity index (χ4n) is 2.58. The molecule has 0 aliphatic carbocycles. The van der Waals surface area contributed by atoms with E-state index in [-0.39, 0.29) is 11.7 Å². The molecule has 2 rings (SSSR count). The maximum absolute atomic E-state index is 12.0. The highest BCUT2D eigenvalue weighted by Gasteiger charge is 2.36. The van der Waals surface area contributed by atoms with Crippen molar-refractivity contribution in [1.82, 2.24) is 0 Å². The van der Waals surface area contributed by atoms with E-state index < -0.39 is 0 Å². The van der Waals surface area contributed by atoms with Gasteiger partial charge in [0, 0.05) is 11.0 Å². The first kappa shape index (κ1) is 15.2. The predicted molar refractivity (Wildman–Crippen MR) is 84.2 cm³/mol. The highest BCUT2D eigenvalue weighted by atomic mass is 79.9. The number of Topliss-reactive ketones (excluding diaryl/α,β-unsaturated/α-hetero) is 1.